The molecule has 2 N–H and O–H groups in total. The molecule has 0 amide bonds. The quantitative estimate of drug-likeness (QED) is 0.369. The van der Waals surface area contributed by atoms with Gasteiger partial charge in [-0.25, -0.2) is 19.3 Å². The molecule has 1 atom stereocenters. The number of H-pyrrole nitrogens is 1. The molecular weight excluding hydrogens is 407 g/mol. The van der Waals surface area contributed by atoms with Gasteiger partial charge in [-0.2, -0.15) is 0 Å². The van der Waals surface area contributed by atoms with Crippen molar-refractivity contribution < 1.29 is 4.39 Å². The fourth-order valence-corrected chi connectivity index (χ4v) is 3.93. The van der Waals surface area contributed by atoms with E-state index in [4.69, 9.17) is 5.41 Å². The highest BCUT2D eigenvalue weighted by Gasteiger charge is 2.27. The maximum atomic E-state index is 13.7. The van der Waals surface area contributed by atoms with Crippen LogP contribution in [0.1, 0.15) is 30.3 Å². The molecule has 1 aromatic carbocycles. The smallest absolute Gasteiger partial charge is 0.157 e. The van der Waals surface area contributed by atoms with Gasteiger partial charge in [0.25, 0.3) is 0 Å². The molecule has 0 bridgehead atoms. The number of amidine groups is 1. The number of nitrogens with one attached hydrogen (secondary N) is 2. The molecule has 5 rings (SSSR count). The number of rotatable bonds is 5. The molecule has 0 aliphatic carbocycles. The summed E-state index contributed by atoms with van der Waals surface area (Å²) in [6, 6.07) is 6.64. The molecule has 1 saturated heterocycles. The monoisotopic (exact) mass is 428 g/mol. The summed E-state index contributed by atoms with van der Waals surface area (Å²) in [7, 11) is 0. The predicted octanol–water partition coefficient (Wildman–Crippen LogP) is 4.02. The van der Waals surface area contributed by atoms with Crippen molar-refractivity contribution in [2.24, 2.45) is 0 Å². The second-order valence-corrected chi connectivity index (χ2v) is 7.54. The number of aromatic nitrogens is 6. The maximum Gasteiger partial charge on any atom is 0.157 e. The Balaban J connectivity index is 1.31. The Morgan fingerprint density at radius 2 is 2.16 bits per heavy atom. The second kappa shape index (κ2) is 8.54. The summed E-state index contributed by atoms with van der Waals surface area (Å²) in [6.07, 6.45) is 15.5. The van der Waals surface area contributed by atoms with E-state index in [1.165, 1.54) is 6.07 Å². The third-order valence-corrected chi connectivity index (χ3v) is 5.46. The van der Waals surface area contributed by atoms with Gasteiger partial charge in [-0.05, 0) is 42.7 Å². The first kappa shape index (κ1) is 19.8. The van der Waals surface area contributed by atoms with Crippen molar-refractivity contribution in [1.82, 2.24) is 34.4 Å². The lowest BCUT2D eigenvalue weighted by atomic mass is 10.0. The number of likely N-dealkylation sites (tertiary alicyclic amines) is 1. The highest BCUT2D eigenvalue weighted by molar-refractivity contribution is 5.94. The number of imidazole rings is 2. The van der Waals surface area contributed by atoms with Crippen LogP contribution >= 0.6 is 0 Å². The molecule has 1 aliphatic heterocycles. The predicted molar refractivity (Wildman–Crippen MR) is 119 cm³/mol. The number of nitrogens with zero attached hydrogens (tertiary/aromatic N) is 6. The van der Waals surface area contributed by atoms with E-state index >= 15 is 0 Å². The molecule has 8 nitrogen and oxygen atoms in total. The third-order valence-electron chi connectivity index (χ3n) is 5.46. The van der Waals surface area contributed by atoms with Gasteiger partial charge in [0.1, 0.15) is 29.5 Å². The summed E-state index contributed by atoms with van der Waals surface area (Å²) < 4.78 is 15.4. The summed E-state index contributed by atoms with van der Waals surface area (Å²) in [5.74, 6) is 1.39. The Labute approximate surface area is 184 Å². The molecule has 32 heavy (non-hydrogen) atoms. The van der Waals surface area contributed by atoms with Gasteiger partial charge in [0.15, 0.2) is 5.82 Å². The molecule has 0 radical (unpaired) electrons. The van der Waals surface area contributed by atoms with Crippen molar-refractivity contribution in [3.05, 3.63) is 84.9 Å². The Morgan fingerprint density at radius 1 is 1.22 bits per heavy atom. The number of aromatic amines is 1. The molecule has 1 unspecified atom stereocenters. The first-order valence-corrected chi connectivity index (χ1v) is 10.3. The van der Waals surface area contributed by atoms with Gasteiger partial charge >= 0.3 is 0 Å². The lowest BCUT2D eigenvalue weighted by Crippen LogP contribution is -2.28. The van der Waals surface area contributed by atoms with Crippen LogP contribution in [0.5, 0.6) is 0 Å². The van der Waals surface area contributed by atoms with Gasteiger partial charge < -0.3 is 9.88 Å². The molecule has 0 saturated carbocycles. The molecule has 160 valence electrons. The average Bonchev–Trinajstić information content (AvgIpc) is 3.59. The van der Waals surface area contributed by atoms with Crippen LogP contribution in [-0.2, 0) is 0 Å². The Bertz CT molecular complexity index is 1260. The average molecular weight is 428 g/mol. The molecular formula is C23H21FN8. The van der Waals surface area contributed by atoms with Gasteiger partial charge in [-0.15, -0.1) is 0 Å². The first-order valence-electron chi connectivity index (χ1n) is 10.3. The van der Waals surface area contributed by atoms with Gasteiger partial charge in [-0.3, -0.25) is 15.0 Å². The van der Waals surface area contributed by atoms with E-state index < -0.39 is 0 Å². The van der Waals surface area contributed by atoms with E-state index in [9.17, 15) is 4.39 Å². The molecule has 4 heterocycles. The van der Waals surface area contributed by atoms with Gasteiger partial charge in [0, 0.05) is 18.9 Å². The van der Waals surface area contributed by atoms with E-state index in [2.05, 4.69) is 24.9 Å². The number of halogens is 1. The highest BCUT2D eigenvalue weighted by Crippen LogP contribution is 2.32. The standard InChI is InChI=1S/C23H21FN8/c24-17-4-1-3-16(11-17)20-5-2-9-32(20)21(25)6-7-22-28-13-19(29-22)18-12-27-14-23(30-18)31-10-8-26-15-31/h1,3-4,6-8,10-15,20,25H,2,5,9H2,(H,28,29)/b7-6-,25-21?. The minimum atomic E-state index is -0.250. The minimum Gasteiger partial charge on any atom is -0.350 e. The van der Waals surface area contributed by atoms with E-state index in [1.807, 2.05) is 11.0 Å². The van der Waals surface area contributed by atoms with Gasteiger partial charge in [0.2, 0.25) is 0 Å². The van der Waals surface area contributed by atoms with Crippen molar-refractivity contribution in [2.75, 3.05) is 6.54 Å². The maximum absolute atomic E-state index is 13.7. The largest absolute Gasteiger partial charge is 0.350 e. The van der Waals surface area contributed by atoms with Crippen LogP contribution in [0.15, 0.2) is 67.7 Å². The zero-order chi connectivity index (χ0) is 21.9. The number of benzene rings is 1. The Kier molecular flexibility index (Phi) is 5.29. The van der Waals surface area contributed by atoms with Crippen molar-refractivity contribution >= 4 is 11.9 Å². The van der Waals surface area contributed by atoms with E-state index in [1.54, 1.807) is 66.2 Å². The first-order chi connectivity index (χ1) is 15.7. The zero-order valence-electron chi connectivity index (χ0n) is 17.2. The summed E-state index contributed by atoms with van der Waals surface area (Å²) in [5.41, 5.74) is 2.28. The molecule has 0 spiro atoms. The lowest BCUT2D eigenvalue weighted by Gasteiger charge is -2.26. The van der Waals surface area contributed by atoms with Crippen molar-refractivity contribution in [3.63, 3.8) is 0 Å². The zero-order valence-corrected chi connectivity index (χ0v) is 17.2. The van der Waals surface area contributed by atoms with Crippen LogP contribution in [0.4, 0.5) is 4.39 Å². The van der Waals surface area contributed by atoms with Crippen molar-refractivity contribution in [3.8, 4) is 17.2 Å². The summed E-state index contributed by atoms with van der Waals surface area (Å²) in [4.78, 5) is 22.5. The molecule has 9 heteroatoms. The van der Waals surface area contributed by atoms with Crippen molar-refractivity contribution in [2.45, 2.75) is 18.9 Å². The minimum absolute atomic E-state index is 0.0104. The molecule has 1 fully saturated rings. The SMILES string of the molecule is N=C(/C=C\c1ncc(-c2cncc(-n3ccnc3)n2)[nH]1)N1CCCC1c1cccc(F)c1. The Morgan fingerprint density at radius 3 is 3.00 bits per heavy atom. The van der Waals surface area contributed by atoms with E-state index in [0.717, 1.165) is 30.6 Å². The van der Waals surface area contributed by atoms with Crippen LogP contribution in [0, 0.1) is 11.2 Å². The van der Waals surface area contributed by atoms with Crippen LogP contribution in [0.2, 0.25) is 0 Å². The van der Waals surface area contributed by atoms with E-state index in [-0.39, 0.29) is 11.9 Å². The van der Waals surface area contributed by atoms with Crippen LogP contribution in [-0.4, -0.2) is 46.8 Å². The number of hydrogen-bond acceptors (Lipinski definition) is 5. The second-order valence-electron chi connectivity index (χ2n) is 7.54. The van der Waals surface area contributed by atoms with E-state index in [0.29, 0.717) is 23.2 Å². The summed E-state index contributed by atoms with van der Waals surface area (Å²) >= 11 is 0. The molecule has 1 aliphatic rings. The van der Waals surface area contributed by atoms with Gasteiger partial charge in [0.05, 0.1) is 30.3 Å². The van der Waals surface area contributed by atoms with Crippen LogP contribution < -0.4 is 0 Å². The normalized spacial score (nSPS) is 16.2. The summed E-state index contributed by atoms with van der Waals surface area (Å²) in [5, 5.41) is 8.52. The van der Waals surface area contributed by atoms with Crippen LogP contribution in [0.3, 0.4) is 0 Å². The number of hydrogen-bond donors (Lipinski definition) is 2. The van der Waals surface area contributed by atoms with Crippen LogP contribution in [0.25, 0.3) is 23.3 Å². The van der Waals surface area contributed by atoms with Crippen molar-refractivity contribution in [1.29, 1.82) is 5.41 Å². The van der Waals surface area contributed by atoms with Gasteiger partial charge in [-0.1, -0.05) is 12.1 Å². The molecule has 3 aromatic heterocycles. The molecule has 4 aromatic rings. The summed E-state index contributed by atoms with van der Waals surface area (Å²) in [6.45, 7) is 0.768. The third kappa shape index (κ3) is 4.04. The topological polar surface area (TPSA) is 99.4 Å². The Hall–Kier alpha value is -4.14. The fraction of sp³-hybridized carbons (Fsp3) is 0.174. The highest BCUT2D eigenvalue weighted by atomic mass is 19.1. The fourth-order valence-electron chi connectivity index (χ4n) is 3.93. The lowest BCUT2D eigenvalue weighted by molar-refractivity contribution is 0.399.